The van der Waals surface area contributed by atoms with Gasteiger partial charge < -0.3 is 19.5 Å². The van der Waals surface area contributed by atoms with Gasteiger partial charge >= 0.3 is 12.6 Å². The second-order valence-corrected chi connectivity index (χ2v) is 6.31. The number of hydrogen-bond acceptors (Lipinski definition) is 7. The standard InChI is InChI=1S/C18H16F2N2O5S/c1-4-26-17(24)14-9(2)11(8-21)16(28-14)22-15(23)10-5-6-12(27-18(19)20)13(7-10)25-3/h5-7,18H,4H2,1-3H3,(H,22,23). The Morgan fingerprint density at radius 2 is 2.04 bits per heavy atom. The Morgan fingerprint density at radius 3 is 2.61 bits per heavy atom. The Balaban J connectivity index is 2.31. The Kier molecular flexibility index (Phi) is 6.89. The summed E-state index contributed by atoms with van der Waals surface area (Å²) in [6.07, 6.45) is 0. The summed E-state index contributed by atoms with van der Waals surface area (Å²) in [7, 11) is 1.25. The van der Waals surface area contributed by atoms with Crippen LogP contribution in [0.2, 0.25) is 0 Å². The average Bonchev–Trinajstić information content (AvgIpc) is 2.96. The summed E-state index contributed by atoms with van der Waals surface area (Å²) in [6.45, 7) is 0.370. The second kappa shape index (κ2) is 9.14. The number of ether oxygens (including phenoxy) is 3. The van der Waals surface area contributed by atoms with E-state index in [1.807, 2.05) is 6.07 Å². The lowest BCUT2D eigenvalue weighted by molar-refractivity contribution is -0.0512. The molecule has 0 spiro atoms. The summed E-state index contributed by atoms with van der Waals surface area (Å²) in [5, 5.41) is 12.1. The van der Waals surface area contributed by atoms with Gasteiger partial charge in [0.15, 0.2) is 11.5 Å². The molecule has 0 unspecified atom stereocenters. The number of carbonyl (C=O) groups is 2. The van der Waals surface area contributed by atoms with Crippen LogP contribution in [0.4, 0.5) is 13.8 Å². The topological polar surface area (TPSA) is 97.7 Å². The maximum Gasteiger partial charge on any atom is 0.387 e. The van der Waals surface area contributed by atoms with Crippen molar-refractivity contribution in [3.05, 3.63) is 39.8 Å². The third-order valence-corrected chi connectivity index (χ3v) is 4.78. The summed E-state index contributed by atoms with van der Waals surface area (Å²) in [5.74, 6) is -1.47. The number of nitrogens with one attached hydrogen (secondary N) is 1. The van der Waals surface area contributed by atoms with Gasteiger partial charge in [0.1, 0.15) is 15.9 Å². The van der Waals surface area contributed by atoms with Crippen LogP contribution >= 0.6 is 11.3 Å². The largest absolute Gasteiger partial charge is 0.493 e. The molecule has 2 rings (SSSR count). The molecule has 2 aromatic rings. The highest BCUT2D eigenvalue weighted by Crippen LogP contribution is 2.34. The van der Waals surface area contributed by atoms with E-state index in [4.69, 9.17) is 9.47 Å². The quantitative estimate of drug-likeness (QED) is 0.694. The normalized spacial score (nSPS) is 10.3. The molecule has 10 heteroatoms. The van der Waals surface area contributed by atoms with Gasteiger partial charge in [-0.3, -0.25) is 4.79 Å². The van der Waals surface area contributed by atoms with E-state index in [9.17, 15) is 23.6 Å². The van der Waals surface area contributed by atoms with Gasteiger partial charge in [0, 0.05) is 5.56 Å². The Bertz CT molecular complexity index is 937. The van der Waals surface area contributed by atoms with Crippen LogP contribution in [0.15, 0.2) is 18.2 Å². The van der Waals surface area contributed by atoms with Crippen LogP contribution in [-0.4, -0.2) is 32.2 Å². The minimum Gasteiger partial charge on any atom is -0.493 e. The molecule has 0 aliphatic carbocycles. The van der Waals surface area contributed by atoms with E-state index in [0.29, 0.717) is 5.56 Å². The van der Waals surface area contributed by atoms with Crippen LogP contribution in [0.5, 0.6) is 11.5 Å². The zero-order valence-electron chi connectivity index (χ0n) is 15.2. The molecular weight excluding hydrogens is 394 g/mol. The van der Waals surface area contributed by atoms with Crippen molar-refractivity contribution < 1.29 is 32.6 Å². The number of amides is 1. The van der Waals surface area contributed by atoms with E-state index in [0.717, 1.165) is 11.3 Å². The lowest BCUT2D eigenvalue weighted by Gasteiger charge is -2.11. The van der Waals surface area contributed by atoms with Crippen molar-refractivity contribution in [2.24, 2.45) is 0 Å². The molecule has 1 heterocycles. The zero-order valence-corrected chi connectivity index (χ0v) is 16.0. The van der Waals surface area contributed by atoms with E-state index >= 15 is 0 Å². The summed E-state index contributed by atoms with van der Waals surface area (Å²) in [5.41, 5.74) is 0.636. The molecule has 0 saturated carbocycles. The van der Waals surface area contributed by atoms with E-state index in [-0.39, 0.29) is 39.1 Å². The van der Waals surface area contributed by atoms with E-state index in [1.54, 1.807) is 13.8 Å². The van der Waals surface area contributed by atoms with Gasteiger partial charge in [-0.1, -0.05) is 0 Å². The van der Waals surface area contributed by atoms with Crippen molar-refractivity contribution in [1.29, 1.82) is 5.26 Å². The Labute approximate surface area is 163 Å². The fourth-order valence-corrected chi connectivity index (χ4v) is 3.35. The van der Waals surface area contributed by atoms with Crippen molar-refractivity contribution in [3.63, 3.8) is 0 Å². The predicted octanol–water partition coefficient (Wildman–Crippen LogP) is 3.97. The number of methoxy groups -OCH3 is 1. The van der Waals surface area contributed by atoms with Gasteiger partial charge in [0.25, 0.3) is 5.91 Å². The average molecular weight is 410 g/mol. The molecule has 0 saturated heterocycles. The molecule has 1 N–H and O–H groups in total. The molecule has 1 amide bonds. The van der Waals surface area contributed by atoms with Crippen molar-refractivity contribution in [2.45, 2.75) is 20.5 Å². The molecule has 0 aliphatic heterocycles. The lowest BCUT2D eigenvalue weighted by Crippen LogP contribution is -2.12. The fourth-order valence-electron chi connectivity index (χ4n) is 2.30. The highest BCUT2D eigenvalue weighted by atomic mass is 32.1. The number of halogens is 2. The van der Waals surface area contributed by atoms with E-state index < -0.39 is 18.5 Å². The number of rotatable bonds is 7. The second-order valence-electron chi connectivity index (χ2n) is 5.29. The smallest absolute Gasteiger partial charge is 0.387 e. The van der Waals surface area contributed by atoms with E-state index in [2.05, 4.69) is 10.1 Å². The zero-order chi connectivity index (χ0) is 20.8. The number of nitriles is 1. The van der Waals surface area contributed by atoms with Crippen molar-refractivity contribution in [3.8, 4) is 17.6 Å². The SMILES string of the molecule is CCOC(=O)c1sc(NC(=O)c2ccc(OC(F)F)c(OC)c2)c(C#N)c1C. The number of nitrogens with zero attached hydrogens (tertiary/aromatic N) is 1. The highest BCUT2D eigenvalue weighted by molar-refractivity contribution is 7.18. The molecule has 0 bridgehead atoms. The van der Waals surface area contributed by atoms with Gasteiger partial charge in [-0.25, -0.2) is 4.79 Å². The van der Waals surface area contributed by atoms with Gasteiger partial charge in [-0.15, -0.1) is 11.3 Å². The molecule has 0 aliphatic rings. The number of esters is 1. The summed E-state index contributed by atoms with van der Waals surface area (Å²) in [6, 6.07) is 5.63. The first-order valence-corrected chi connectivity index (χ1v) is 8.78. The number of hydrogen-bond donors (Lipinski definition) is 1. The molecular formula is C18H16F2N2O5S. The summed E-state index contributed by atoms with van der Waals surface area (Å²) in [4.78, 5) is 24.7. The van der Waals surface area contributed by atoms with Gasteiger partial charge in [0.2, 0.25) is 0 Å². The molecule has 0 atom stereocenters. The molecule has 1 aromatic heterocycles. The van der Waals surface area contributed by atoms with Crippen LogP contribution < -0.4 is 14.8 Å². The van der Waals surface area contributed by atoms with Crippen molar-refractivity contribution >= 4 is 28.2 Å². The summed E-state index contributed by atoms with van der Waals surface area (Å²) < 4.78 is 39.0. The molecule has 1 aromatic carbocycles. The first-order chi connectivity index (χ1) is 13.3. The van der Waals surface area contributed by atoms with Gasteiger partial charge in [-0.2, -0.15) is 14.0 Å². The summed E-state index contributed by atoms with van der Waals surface area (Å²) >= 11 is 0.919. The number of benzene rings is 1. The Morgan fingerprint density at radius 1 is 1.32 bits per heavy atom. The first kappa shape index (κ1) is 21.1. The number of anilines is 1. The van der Waals surface area contributed by atoms with E-state index in [1.165, 1.54) is 25.3 Å². The molecule has 0 radical (unpaired) electrons. The van der Waals surface area contributed by atoms with Crippen molar-refractivity contribution in [1.82, 2.24) is 0 Å². The monoisotopic (exact) mass is 410 g/mol. The van der Waals surface area contributed by atoms with Gasteiger partial charge in [0.05, 0.1) is 19.3 Å². The number of alkyl halides is 2. The third-order valence-electron chi connectivity index (χ3n) is 3.59. The highest BCUT2D eigenvalue weighted by Gasteiger charge is 2.23. The van der Waals surface area contributed by atoms with Crippen LogP contribution in [0.25, 0.3) is 0 Å². The third kappa shape index (κ3) is 4.55. The predicted molar refractivity (Wildman–Crippen MR) is 97.3 cm³/mol. The first-order valence-electron chi connectivity index (χ1n) is 7.97. The van der Waals surface area contributed by atoms with Crippen LogP contribution in [0.1, 0.15) is 38.1 Å². The maximum atomic E-state index is 12.5. The molecule has 28 heavy (non-hydrogen) atoms. The molecule has 0 fully saturated rings. The molecule has 7 nitrogen and oxygen atoms in total. The lowest BCUT2D eigenvalue weighted by atomic mass is 10.1. The molecule has 148 valence electrons. The minimum absolute atomic E-state index is 0.0528. The maximum absolute atomic E-state index is 12.5. The Hall–Kier alpha value is -3.19. The van der Waals surface area contributed by atoms with Crippen LogP contribution in [0, 0.1) is 18.3 Å². The fraction of sp³-hybridized carbons (Fsp3) is 0.278. The minimum atomic E-state index is -3.04. The number of carbonyl (C=O) groups excluding carboxylic acids is 2. The van der Waals surface area contributed by atoms with Crippen LogP contribution in [-0.2, 0) is 4.74 Å². The van der Waals surface area contributed by atoms with Gasteiger partial charge in [-0.05, 0) is 37.6 Å². The van der Waals surface area contributed by atoms with Crippen molar-refractivity contribution in [2.75, 3.05) is 19.0 Å². The number of thiophene rings is 1. The van der Waals surface area contributed by atoms with Crippen LogP contribution in [0.3, 0.4) is 0 Å².